The Morgan fingerprint density at radius 2 is 1.92 bits per heavy atom. The highest BCUT2D eigenvalue weighted by Gasteiger charge is 2.05. The summed E-state index contributed by atoms with van der Waals surface area (Å²) in [7, 11) is 0. The third-order valence-corrected chi connectivity index (χ3v) is 3.47. The number of rotatable bonds is 7. The van der Waals surface area contributed by atoms with E-state index in [-0.39, 0.29) is 0 Å². The first-order valence-electron chi connectivity index (χ1n) is 8.23. The van der Waals surface area contributed by atoms with Gasteiger partial charge in [-0.3, -0.25) is 0 Å². The molecule has 0 aliphatic rings. The van der Waals surface area contributed by atoms with Gasteiger partial charge in [0.2, 0.25) is 5.89 Å². The molecule has 6 nitrogen and oxygen atoms in total. The summed E-state index contributed by atoms with van der Waals surface area (Å²) in [4.78, 5) is 8.81. The van der Waals surface area contributed by atoms with Crippen molar-refractivity contribution in [3.05, 3.63) is 47.2 Å². The molecule has 0 radical (unpaired) electrons. The molecule has 0 unspecified atom stereocenters. The zero-order valence-electron chi connectivity index (χ0n) is 14.8. The van der Waals surface area contributed by atoms with Crippen molar-refractivity contribution in [1.29, 1.82) is 0 Å². The van der Waals surface area contributed by atoms with Crippen molar-refractivity contribution in [2.75, 3.05) is 19.7 Å². The van der Waals surface area contributed by atoms with E-state index in [1.165, 1.54) is 5.56 Å². The van der Waals surface area contributed by atoms with E-state index in [2.05, 4.69) is 27.5 Å². The zero-order valence-corrected chi connectivity index (χ0v) is 14.8. The van der Waals surface area contributed by atoms with Gasteiger partial charge in [-0.2, -0.15) is 0 Å². The molecule has 0 aliphatic carbocycles. The van der Waals surface area contributed by atoms with Crippen molar-refractivity contribution in [1.82, 2.24) is 15.6 Å². The van der Waals surface area contributed by atoms with E-state index in [4.69, 9.17) is 9.15 Å². The van der Waals surface area contributed by atoms with Gasteiger partial charge in [0, 0.05) is 6.54 Å². The van der Waals surface area contributed by atoms with E-state index in [0.29, 0.717) is 25.6 Å². The lowest BCUT2D eigenvalue weighted by Gasteiger charge is -2.11. The minimum atomic E-state index is 0.406. The first-order chi connectivity index (χ1) is 11.6. The minimum Gasteiger partial charge on any atom is -0.492 e. The zero-order chi connectivity index (χ0) is 17.4. The fourth-order valence-electron chi connectivity index (χ4n) is 2.07. The number of guanidine groups is 1. The van der Waals surface area contributed by atoms with Crippen molar-refractivity contribution in [3.63, 3.8) is 0 Å². The Morgan fingerprint density at radius 3 is 2.54 bits per heavy atom. The Labute approximate surface area is 143 Å². The van der Waals surface area contributed by atoms with Crippen LogP contribution in [0.1, 0.15) is 29.8 Å². The van der Waals surface area contributed by atoms with Gasteiger partial charge in [0.15, 0.2) is 5.96 Å². The SMILES string of the molecule is CCNC(=NCc1nc(C)c(C)o1)NCCOc1ccc(C)cc1. The number of hydrogen-bond acceptors (Lipinski definition) is 4. The third kappa shape index (κ3) is 5.61. The Balaban J connectivity index is 1.79. The summed E-state index contributed by atoms with van der Waals surface area (Å²) in [6, 6.07) is 8.02. The van der Waals surface area contributed by atoms with Crippen LogP contribution in [0.5, 0.6) is 5.75 Å². The minimum absolute atomic E-state index is 0.406. The Kier molecular flexibility index (Phi) is 6.66. The third-order valence-electron chi connectivity index (χ3n) is 3.47. The fourth-order valence-corrected chi connectivity index (χ4v) is 2.07. The maximum atomic E-state index is 5.70. The van der Waals surface area contributed by atoms with Crippen LogP contribution in [0.3, 0.4) is 0 Å². The normalized spacial score (nSPS) is 11.4. The topological polar surface area (TPSA) is 71.7 Å². The number of oxazole rings is 1. The van der Waals surface area contributed by atoms with E-state index in [1.54, 1.807) is 0 Å². The molecule has 0 saturated carbocycles. The summed E-state index contributed by atoms with van der Waals surface area (Å²) in [6.07, 6.45) is 0. The largest absolute Gasteiger partial charge is 0.492 e. The molecule has 2 aromatic rings. The molecule has 0 fully saturated rings. The smallest absolute Gasteiger partial charge is 0.216 e. The molecule has 0 atom stereocenters. The highest BCUT2D eigenvalue weighted by Crippen LogP contribution is 2.11. The van der Waals surface area contributed by atoms with Gasteiger partial charge in [0.05, 0.1) is 12.2 Å². The van der Waals surface area contributed by atoms with Crippen molar-refractivity contribution < 1.29 is 9.15 Å². The van der Waals surface area contributed by atoms with Gasteiger partial charge in [-0.25, -0.2) is 9.98 Å². The number of aromatic nitrogens is 1. The van der Waals surface area contributed by atoms with Gasteiger partial charge < -0.3 is 19.8 Å². The second-order valence-corrected chi connectivity index (χ2v) is 5.53. The van der Waals surface area contributed by atoms with Crippen LogP contribution in [0.2, 0.25) is 0 Å². The number of aryl methyl sites for hydroxylation is 3. The highest BCUT2D eigenvalue weighted by molar-refractivity contribution is 5.79. The summed E-state index contributed by atoms with van der Waals surface area (Å²) < 4.78 is 11.2. The summed E-state index contributed by atoms with van der Waals surface area (Å²) >= 11 is 0. The van der Waals surface area contributed by atoms with Crippen molar-refractivity contribution in [3.8, 4) is 5.75 Å². The molecule has 6 heteroatoms. The predicted molar refractivity (Wildman–Crippen MR) is 95.5 cm³/mol. The molecule has 0 saturated heterocycles. The van der Waals surface area contributed by atoms with Gasteiger partial charge >= 0.3 is 0 Å². The molecule has 130 valence electrons. The first kappa shape index (κ1) is 17.8. The summed E-state index contributed by atoms with van der Waals surface area (Å²) in [5.41, 5.74) is 2.13. The van der Waals surface area contributed by atoms with Crippen LogP contribution >= 0.6 is 0 Å². The van der Waals surface area contributed by atoms with Gasteiger partial charge in [-0.05, 0) is 39.8 Å². The Hall–Kier alpha value is -2.50. The number of nitrogens with one attached hydrogen (secondary N) is 2. The van der Waals surface area contributed by atoms with Gasteiger partial charge in [0.25, 0.3) is 0 Å². The summed E-state index contributed by atoms with van der Waals surface area (Å²) in [5, 5.41) is 6.43. The highest BCUT2D eigenvalue weighted by atomic mass is 16.5. The molecule has 0 aliphatic heterocycles. The molecule has 0 amide bonds. The Bertz CT molecular complexity index is 643. The lowest BCUT2D eigenvalue weighted by atomic mass is 10.2. The lowest BCUT2D eigenvalue weighted by molar-refractivity contribution is 0.322. The summed E-state index contributed by atoms with van der Waals surface area (Å²) in [6.45, 7) is 10.3. The van der Waals surface area contributed by atoms with Crippen LogP contribution in [0.25, 0.3) is 0 Å². The molecule has 24 heavy (non-hydrogen) atoms. The van der Waals surface area contributed by atoms with Crippen LogP contribution < -0.4 is 15.4 Å². The molecular formula is C18H26N4O2. The lowest BCUT2D eigenvalue weighted by Crippen LogP contribution is -2.39. The quantitative estimate of drug-likeness (QED) is 0.464. The number of nitrogens with zero attached hydrogens (tertiary/aromatic N) is 2. The number of benzene rings is 1. The molecule has 0 bridgehead atoms. The maximum absolute atomic E-state index is 5.70. The standard InChI is InChI=1S/C18H26N4O2/c1-5-19-18(21-12-17-22-14(3)15(4)24-17)20-10-11-23-16-8-6-13(2)7-9-16/h6-9H,5,10-12H2,1-4H3,(H2,19,20,21). The van der Waals surface area contributed by atoms with E-state index in [1.807, 2.05) is 45.0 Å². The molecule has 2 N–H and O–H groups in total. The molecule has 0 spiro atoms. The monoisotopic (exact) mass is 330 g/mol. The van der Waals surface area contributed by atoms with Crippen LogP contribution in [0.15, 0.2) is 33.7 Å². The second kappa shape index (κ2) is 8.96. The van der Waals surface area contributed by atoms with E-state index < -0.39 is 0 Å². The van der Waals surface area contributed by atoms with E-state index in [9.17, 15) is 0 Å². The van der Waals surface area contributed by atoms with E-state index >= 15 is 0 Å². The van der Waals surface area contributed by atoms with Crippen molar-refractivity contribution in [2.24, 2.45) is 4.99 Å². The summed E-state index contributed by atoms with van der Waals surface area (Å²) in [5.74, 6) is 3.05. The number of aliphatic imine (C=N–C) groups is 1. The van der Waals surface area contributed by atoms with Gasteiger partial charge in [-0.1, -0.05) is 17.7 Å². The van der Waals surface area contributed by atoms with E-state index in [0.717, 1.165) is 29.7 Å². The molecule has 1 heterocycles. The van der Waals surface area contributed by atoms with Crippen molar-refractivity contribution >= 4 is 5.96 Å². The average molecular weight is 330 g/mol. The van der Waals surface area contributed by atoms with Crippen LogP contribution in [-0.2, 0) is 6.54 Å². The number of ether oxygens (including phenoxy) is 1. The predicted octanol–water partition coefficient (Wildman–Crippen LogP) is 2.73. The average Bonchev–Trinajstić information content (AvgIpc) is 2.89. The number of hydrogen-bond donors (Lipinski definition) is 2. The Morgan fingerprint density at radius 1 is 1.17 bits per heavy atom. The molecule has 1 aromatic heterocycles. The van der Waals surface area contributed by atoms with Gasteiger partial charge in [-0.15, -0.1) is 0 Å². The van der Waals surface area contributed by atoms with Gasteiger partial charge in [0.1, 0.15) is 24.7 Å². The first-order valence-corrected chi connectivity index (χ1v) is 8.23. The van der Waals surface area contributed by atoms with Crippen LogP contribution in [0, 0.1) is 20.8 Å². The molecular weight excluding hydrogens is 304 g/mol. The van der Waals surface area contributed by atoms with Crippen LogP contribution in [-0.4, -0.2) is 30.6 Å². The molecule has 1 aromatic carbocycles. The molecule has 2 rings (SSSR count). The maximum Gasteiger partial charge on any atom is 0.216 e. The van der Waals surface area contributed by atoms with Crippen molar-refractivity contribution in [2.45, 2.75) is 34.2 Å². The van der Waals surface area contributed by atoms with Crippen LogP contribution in [0.4, 0.5) is 0 Å². The second-order valence-electron chi connectivity index (χ2n) is 5.53. The fraction of sp³-hybridized carbons (Fsp3) is 0.444.